The predicted molar refractivity (Wildman–Crippen MR) is 92.8 cm³/mol. The third-order valence-electron chi connectivity index (χ3n) is 5.26. The van der Waals surface area contributed by atoms with E-state index in [2.05, 4.69) is 10.00 Å². The molecular weight excluding hydrogens is 320 g/mol. The molecule has 25 heavy (non-hydrogen) atoms. The maximum Gasteiger partial charge on any atom is 0.307 e. The molecule has 0 spiro atoms. The van der Waals surface area contributed by atoms with E-state index in [0.29, 0.717) is 25.9 Å². The number of allylic oxidation sites excluding steroid dienone is 2. The minimum atomic E-state index is -0.867. The fourth-order valence-corrected chi connectivity index (χ4v) is 3.77. The number of piperazine rings is 1. The Kier molecular flexibility index (Phi) is 5.22. The van der Waals surface area contributed by atoms with E-state index in [1.807, 2.05) is 41.9 Å². The summed E-state index contributed by atoms with van der Waals surface area (Å²) in [7, 11) is 1.92. The van der Waals surface area contributed by atoms with Crippen LogP contribution in [0.25, 0.3) is 0 Å². The molecule has 0 bridgehead atoms. The lowest BCUT2D eigenvalue weighted by atomic mass is 9.82. The van der Waals surface area contributed by atoms with Gasteiger partial charge in [-0.3, -0.25) is 19.2 Å². The molecule has 1 aromatic rings. The van der Waals surface area contributed by atoms with Crippen LogP contribution in [0.15, 0.2) is 18.3 Å². The van der Waals surface area contributed by atoms with Crippen LogP contribution < -0.4 is 0 Å². The fourth-order valence-electron chi connectivity index (χ4n) is 3.77. The van der Waals surface area contributed by atoms with Gasteiger partial charge in [0.1, 0.15) is 0 Å². The number of hydrogen-bond donors (Lipinski definition) is 1. The standard InChI is InChI=1S/C18H26N4O3/c1-13-14(11-20(2)19-13)12-21-7-9-22(10-8-21)17(23)15-5-3-4-6-16(15)18(24)25/h3-4,11,15-16H,5-10,12H2,1-2H3,(H,24,25)/t15-,16-/m0/s1. The molecule has 1 saturated heterocycles. The monoisotopic (exact) mass is 346 g/mol. The minimum Gasteiger partial charge on any atom is -0.481 e. The number of amides is 1. The van der Waals surface area contributed by atoms with Gasteiger partial charge >= 0.3 is 5.97 Å². The SMILES string of the molecule is Cc1nn(C)cc1CN1CCN(C(=O)[C@H]2CC=CC[C@@H]2C(=O)O)CC1. The van der Waals surface area contributed by atoms with Crippen molar-refractivity contribution in [1.29, 1.82) is 0 Å². The maximum absolute atomic E-state index is 12.8. The molecule has 0 unspecified atom stereocenters. The van der Waals surface area contributed by atoms with Crippen molar-refractivity contribution >= 4 is 11.9 Å². The average Bonchev–Trinajstić information content (AvgIpc) is 2.92. The molecule has 1 fully saturated rings. The quantitative estimate of drug-likeness (QED) is 0.824. The van der Waals surface area contributed by atoms with Gasteiger partial charge in [-0.1, -0.05) is 12.2 Å². The van der Waals surface area contributed by atoms with Gasteiger partial charge in [0.25, 0.3) is 0 Å². The second-order valence-electron chi connectivity index (χ2n) is 7.01. The number of aryl methyl sites for hydroxylation is 2. The Labute approximate surface area is 147 Å². The van der Waals surface area contributed by atoms with Gasteiger partial charge in [-0.25, -0.2) is 0 Å². The minimum absolute atomic E-state index is 0.00559. The first-order valence-corrected chi connectivity index (χ1v) is 8.83. The number of nitrogens with zero attached hydrogens (tertiary/aromatic N) is 4. The molecule has 1 N–H and O–H groups in total. The number of aliphatic carboxylic acids is 1. The van der Waals surface area contributed by atoms with Crippen molar-refractivity contribution < 1.29 is 14.7 Å². The van der Waals surface area contributed by atoms with Crippen LogP contribution in [0.4, 0.5) is 0 Å². The van der Waals surface area contributed by atoms with Crippen LogP contribution >= 0.6 is 0 Å². The second kappa shape index (κ2) is 7.39. The van der Waals surface area contributed by atoms with Crippen molar-refractivity contribution in [2.45, 2.75) is 26.3 Å². The van der Waals surface area contributed by atoms with Gasteiger partial charge in [0.05, 0.1) is 17.5 Å². The van der Waals surface area contributed by atoms with Gasteiger partial charge in [0.15, 0.2) is 0 Å². The third-order valence-corrected chi connectivity index (χ3v) is 5.26. The molecule has 1 aliphatic heterocycles. The molecule has 2 atom stereocenters. The third kappa shape index (κ3) is 3.92. The van der Waals surface area contributed by atoms with Gasteiger partial charge in [-0.15, -0.1) is 0 Å². The zero-order valence-corrected chi connectivity index (χ0v) is 14.9. The summed E-state index contributed by atoms with van der Waals surface area (Å²) in [5.41, 5.74) is 2.25. The van der Waals surface area contributed by atoms with E-state index in [4.69, 9.17) is 0 Å². The van der Waals surface area contributed by atoms with Crippen molar-refractivity contribution in [3.63, 3.8) is 0 Å². The van der Waals surface area contributed by atoms with Gasteiger partial charge in [0, 0.05) is 51.5 Å². The van der Waals surface area contributed by atoms with Gasteiger partial charge < -0.3 is 10.0 Å². The molecular formula is C18H26N4O3. The van der Waals surface area contributed by atoms with Crippen LogP contribution in [0.1, 0.15) is 24.1 Å². The normalized spacial score (nSPS) is 24.5. The molecule has 1 aromatic heterocycles. The van der Waals surface area contributed by atoms with Crippen molar-refractivity contribution in [2.75, 3.05) is 26.2 Å². The largest absolute Gasteiger partial charge is 0.481 e. The summed E-state index contributed by atoms with van der Waals surface area (Å²) in [6.45, 7) is 5.78. The first-order chi connectivity index (χ1) is 12.0. The second-order valence-corrected chi connectivity index (χ2v) is 7.01. The lowest BCUT2D eigenvalue weighted by molar-refractivity contribution is -0.151. The molecule has 7 heteroatoms. The summed E-state index contributed by atoms with van der Waals surface area (Å²) in [4.78, 5) is 28.4. The highest BCUT2D eigenvalue weighted by molar-refractivity contribution is 5.85. The molecule has 2 heterocycles. The van der Waals surface area contributed by atoms with Crippen molar-refractivity contribution in [3.8, 4) is 0 Å². The zero-order valence-electron chi connectivity index (χ0n) is 14.9. The Bertz CT molecular complexity index is 674. The Morgan fingerprint density at radius 3 is 2.36 bits per heavy atom. The van der Waals surface area contributed by atoms with E-state index in [9.17, 15) is 14.7 Å². The topological polar surface area (TPSA) is 78.7 Å². The number of rotatable bonds is 4. The number of hydrogen-bond acceptors (Lipinski definition) is 4. The van der Waals surface area contributed by atoms with E-state index >= 15 is 0 Å². The average molecular weight is 346 g/mol. The summed E-state index contributed by atoms with van der Waals surface area (Å²) < 4.78 is 1.83. The number of carboxylic acid groups (broad SMARTS) is 1. The fraction of sp³-hybridized carbons (Fsp3) is 0.611. The van der Waals surface area contributed by atoms with E-state index in [1.165, 1.54) is 5.56 Å². The smallest absolute Gasteiger partial charge is 0.307 e. The number of carboxylic acids is 1. The van der Waals surface area contributed by atoms with Crippen molar-refractivity contribution in [3.05, 3.63) is 29.6 Å². The predicted octanol–water partition coefficient (Wildman–Crippen LogP) is 1.04. The Hall–Kier alpha value is -2.15. The molecule has 0 saturated carbocycles. The molecule has 7 nitrogen and oxygen atoms in total. The summed E-state index contributed by atoms with van der Waals surface area (Å²) in [6.07, 6.45) is 6.83. The molecule has 1 amide bonds. The van der Waals surface area contributed by atoms with Gasteiger partial charge in [0.2, 0.25) is 5.91 Å². The lowest BCUT2D eigenvalue weighted by Crippen LogP contribution is -2.51. The summed E-state index contributed by atoms with van der Waals surface area (Å²) in [5, 5.41) is 13.7. The molecule has 0 aromatic carbocycles. The number of carbonyl (C=O) groups excluding carboxylic acids is 1. The van der Waals surface area contributed by atoms with E-state index in [0.717, 1.165) is 25.3 Å². The Balaban J connectivity index is 1.56. The van der Waals surface area contributed by atoms with Gasteiger partial charge in [-0.05, 0) is 19.8 Å². The van der Waals surface area contributed by atoms with E-state index in [-0.39, 0.29) is 5.91 Å². The van der Waals surface area contributed by atoms with E-state index in [1.54, 1.807) is 0 Å². The first-order valence-electron chi connectivity index (χ1n) is 8.83. The van der Waals surface area contributed by atoms with Crippen LogP contribution in [0.5, 0.6) is 0 Å². The summed E-state index contributed by atoms with van der Waals surface area (Å²) in [6, 6.07) is 0. The molecule has 3 rings (SSSR count). The molecule has 1 aliphatic carbocycles. The van der Waals surface area contributed by atoms with Crippen LogP contribution in [0.2, 0.25) is 0 Å². The molecule has 0 radical (unpaired) electrons. The summed E-state index contributed by atoms with van der Waals surface area (Å²) in [5.74, 6) is -1.88. The van der Waals surface area contributed by atoms with Crippen LogP contribution in [-0.2, 0) is 23.2 Å². The van der Waals surface area contributed by atoms with Crippen LogP contribution in [0, 0.1) is 18.8 Å². The summed E-state index contributed by atoms with van der Waals surface area (Å²) >= 11 is 0. The lowest BCUT2D eigenvalue weighted by Gasteiger charge is -2.37. The zero-order chi connectivity index (χ0) is 18.0. The number of aromatic nitrogens is 2. The first kappa shape index (κ1) is 17.7. The Morgan fingerprint density at radius 2 is 1.80 bits per heavy atom. The van der Waals surface area contributed by atoms with Crippen LogP contribution in [-0.4, -0.2) is 62.7 Å². The van der Waals surface area contributed by atoms with Crippen molar-refractivity contribution in [1.82, 2.24) is 19.6 Å². The van der Waals surface area contributed by atoms with Gasteiger partial charge in [-0.2, -0.15) is 5.10 Å². The number of carbonyl (C=O) groups is 2. The molecule has 2 aliphatic rings. The van der Waals surface area contributed by atoms with E-state index < -0.39 is 17.8 Å². The Morgan fingerprint density at radius 1 is 1.16 bits per heavy atom. The van der Waals surface area contributed by atoms with Crippen LogP contribution in [0.3, 0.4) is 0 Å². The van der Waals surface area contributed by atoms with Crippen molar-refractivity contribution in [2.24, 2.45) is 18.9 Å². The highest BCUT2D eigenvalue weighted by atomic mass is 16.4. The highest BCUT2D eigenvalue weighted by Gasteiger charge is 2.37. The highest BCUT2D eigenvalue weighted by Crippen LogP contribution is 2.28. The molecule has 136 valence electrons. The maximum atomic E-state index is 12.8.